The smallest absolute Gasteiger partial charge is 0.195 e. The Morgan fingerprint density at radius 2 is 1.55 bits per heavy atom. The molecule has 0 aliphatic carbocycles. The van der Waals surface area contributed by atoms with E-state index in [2.05, 4.69) is 0 Å². The van der Waals surface area contributed by atoms with Crippen molar-refractivity contribution in [2.24, 2.45) is 0 Å². The summed E-state index contributed by atoms with van der Waals surface area (Å²) in [6, 6.07) is 16.2. The summed E-state index contributed by atoms with van der Waals surface area (Å²) >= 11 is 0. The first-order valence-electron chi connectivity index (χ1n) is 6.14. The molecule has 2 rings (SSSR count). The topological polar surface area (TPSA) is 72.0 Å². The van der Waals surface area contributed by atoms with Crippen molar-refractivity contribution in [1.82, 2.24) is 0 Å². The maximum Gasteiger partial charge on any atom is 0.195 e. The molecule has 2 aromatic carbocycles. The predicted molar refractivity (Wildman–Crippen MR) is 80.1 cm³/mol. The zero-order valence-corrected chi connectivity index (χ0v) is 11.6. The molecule has 0 aliphatic rings. The first kappa shape index (κ1) is 15.9. The lowest BCUT2D eigenvalue weighted by Gasteiger charge is -2.14. The molecule has 20 heavy (non-hydrogen) atoms. The Balaban J connectivity index is 0.00000200. The zero-order chi connectivity index (χ0) is 13.8. The highest BCUT2D eigenvalue weighted by atomic mass is 16.3. The van der Waals surface area contributed by atoms with Crippen LogP contribution >= 0.6 is 0 Å². The van der Waals surface area contributed by atoms with Gasteiger partial charge in [0, 0.05) is 25.3 Å². The number of hydrogen-bond donors (Lipinski definition) is 1. The normalized spacial score (nSPS) is 11.3. The standard InChI is InChI=1S/C16H17NO2.H2O/c1-17(2)14-10-8-13(9-11-14)16(19)15(18)12-6-4-3-5-7-12;/h3-11,15,18H,1-2H3;1H2. The summed E-state index contributed by atoms with van der Waals surface area (Å²) in [5.74, 6) is -0.281. The number of rotatable bonds is 4. The van der Waals surface area contributed by atoms with Crippen molar-refractivity contribution in [2.75, 3.05) is 19.0 Å². The summed E-state index contributed by atoms with van der Waals surface area (Å²) in [7, 11) is 3.88. The van der Waals surface area contributed by atoms with Gasteiger partial charge in [-0.15, -0.1) is 0 Å². The number of carbonyl (C=O) groups excluding carboxylic acids is 1. The van der Waals surface area contributed by atoms with Crippen LogP contribution in [0, 0.1) is 0 Å². The molecule has 0 fully saturated rings. The average molecular weight is 273 g/mol. The second kappa shape index (κ2) is 6.84. The quantitative estimate of drug-likeness (QED) is 0.864. The van der Waals surface area contributed by atoms with Crippen molar-refractivity contribution in [2.45, 2.75) is 6.10 Å². The zero-order valence-electron chi connectivity index (χ0n) is 11.6. The molecule has 0 heterocycles. The highest BCUT2D eigenvalue weighted by Gasteiger charge is 2.18. The summed E-state index contributed by atoms with van der Waals surface area (Å²) in [5.41, 5.74) is 2.15. The van der Waals surface area contributed by atoms with Gasteiger partial charge < -0.3 is 15.5 Å². The lowest BCUT2D eigenvalue weighted by molar-refractivity contribution is 0.0747. The van der Waals surface area contributed by atoms with E-state index < -0.39 is 6.10 Å². The van der Waals surface area contributed by atoms with Crippen LogP contribution in [-0.4, -0.2) is 30.5 Å². The number of aliphatic hydroxyl groups excluding tert-OH is 1. The summed E-state index contributed by atoms with van der Waals surface area (Å²) in [5, 5.41) is 10.1. The fourth-order valence-corrected chi connectivity index (χ4v) is 1.87. The predicted octanol–water partition coefficient (Wildman–Crippen LogP) is 1.84. The number of ketones is 1. The van der Waals surface area contributed by atoms with E-state index >= 15 is 0 Å². The van der Waals surface area contributed by atoms with E-state index in [-0.39, 0.29) is 11.3 Å². The molecule has 106 valence electrons. The van der Waals surface area contributed by atoms with Gasteiger partial charge in [-0.2, -0.15) is 0 Å². The minimum Gasteiger partial charge on any atom is -0.412 e. The van der Waals surface area contributed by atoms with Gasteiger partial charge in [0.1, 0.15) is 6.10 Å². The minimum absolute atomic E-state index is 0. The van der Waals surface area contributed by atoms with Crippen molar-refractivity contribution in [3.63, 3.8) is 0 Å². The molecule has 0 bridgehead atoms. The molecule has 0 saturated heterocycles. The van der Waals surface area contributed by atoms with Crippen molar-refractivity contribution < 1.29 is 15.4 Å². The summed E-state index contributed by atoms with van der Waals surface area (Å²) in [4.78, 5) is 14.1. The van der Waals surface area contributed by atoms with Gasteiger partial charge in [-0.3, -0.25) is 4.79 Å². The Labute approximate surface area is 118 Å². The van der Waals surface area contributed by atoms with Gasteiger partial charge in [0.2, 0.25) is 0 Å². The molecule has 0 amide bonds. The Kier molecular flexibility index (Phi) is 5.43. The lowest BCUT2D eigenvalue weighted by atomic mass is 10.00. The van der Waals surface area contributed by atoms with Crippen LogP contribution in [0.1, 0.15) is 22.0 Å². The summed E-state index contributed by atoms with van der Waals surface area (Å²) < 4.78 is 0. The van der Waals surface area contributed by atoms with Crippen LogP contribution in [0.2, 0.25) is 0 Å². The van der Waals surface area contributed by atoms with Crippen LogP contribution in [-0.2, 0) is 0 Å². The number of nitrogens with zero attached hydrogens (tertiary/aromatic N) is 1. The Morgan fingerprint density at radius 3 is 2.05 bits per heavy atom. The van der Waals surface area contributed by atoms with Gasteiger partial charge in [0.15, 0.2) is 5.78 Å². The van der Waals surface area contributed by atoms with E-state index in [0.717, 1.165) is 5.69 Å². The van der Waals surface area contributed by atoms with Gasteiger partial charge >= 0.3 is 0 Å². The average Bonchev–Trinajstić information content (AvgIpc) is 2.46. The molecule has 4 nitrogen and oxygen atoms in total. The van der Waals surface area contributed by atoms with Crippen molar-refractivity contribution in [3.05, 3.63) is 65.7 Å². The van der Waals surface area contributed by atoms with Crippen LogP contribution in [0.5, 0.6) is 0 Å². The molecule has 2 aromatic rings. The molecule has 4 heteroatoms. The number of anilines is 1. The molecule has 0 saturated carbocycles. The van der Waals surface area contributed by atoms with Gasteiger partial charge in [-0.05, 0) is 29.8 Å². The lowest BCUT2D eigenvalue weighted by Crippen LogP contribution is -2.13. The molecule has 0 radical (unpaired) electrons. The van der Waals surface area contributed by atoms with E-state index in [0.29, 0.717) is 11.1 Å². The highest BCUT2D eigenvalue weighted by Crippen LogP contribution is 2.20. The first-order valence-corrected chi connectivity index (χ1v) is 6.14. The van der Waals surface area contributed by atoms with Crippen LogP contribution < -0.4 is 4.90 Å². The molecule has 1 unspecified atom stereocenters. The molecular formula is C16H19NO3. The summed E-state index contributed by atoms with van der Waals surface area (Å²) in [6.45, 7) is 0. The van der Waals surface area contributed by atoms with E-state index in [4.69, 9.17) is 0 Å². The van der Waals surface area contributed by atoms with E-state index in [1.165, 1.54) is 0 Å². The number of hydrogen-bond acceptors (Lipinski definition) is 3. The number of carbonyl (C=O) groups is 1. The largest absolute Gasteiger partial charge is 0.412 e. The maximum absolute atomic E-state index is 12.2. The van der Waals surface area contributed by atoms with Crippen molar-refractivity contribution in [1.29, 1.82) is 0 Å². The number of benzene rings is 2. The SMILES string of the molecule is CN(C)c1ccc(C(=O)C(O)c2ccccc2)cc1.O. The molecule has 0 aromatic heterocycles. The van der Waals surface area contributed by atoms with Crippen LogP contribution in [0.15, 0.2) is 54.6 Å². The Bertz CT molecular complexity index is 550. The van der Waals surface area contributed by atoms with Gasteiger partial charge in [0.25, 0.3) is 0 Å². The van der Waals surface area contributed by atoms with Crippen molar-refractivity contribution in [3.8, 4) is 0 Å². The second-order valence-electron chi connectivity index (χ2n) is 4.62. The molecular weight excluding hydrogens is 254 g/mol. The third-order valence-electron chi connectivity index (χ3n) is 3.03. The van der Waals surface area contributed by atoms with E-state index in [9.17, 15) is 9.90 Å². The van der Waals surface area contributed by atoms with E-state index in [1.54, 1.807) is 36.4 Å². The maximum atomic E-state index is 12.2. The molecule has 1 atom stereocenters. The number of aliphatic hydroxyl groups is 1. The highest BCUT2D eigenvalue weighted by molar-refractivity contribution is 6.00. The molecule has 0 spiro atoms. The summed E-state index contributed by atoms with van der Waals surface area (Å²) in [6.07, 6.45) is -1.11. The van der Waals surface area contributed by atoms with Crippen LogP contribution in [0.4, 0.5) is 5.69 Å². The van der Waals surface area contributed by atoms with Gasteiger partial charge in [-0.25, -0.2) is 0 Å². The third kappa shape index (κ3) is 3.44. The third-order valence-corrected chi connectivity index (χ3v) is 3.03. The van der Waals surface area contributed by atoms with Crippen LogP contribution in [0.25, 0.3) is 0 Å². The van der Waals surface area contributed by atoms with Gasteiger partial charge in [-0.1, -0.05) is 30.3 Å². The fraction of sp³-hybridized carbons (Fsp3) is 0.188. The monoisotopic (exact) mass is 273 g/mol. The van der Waals surface area contributed by atoms with Gasteiger partial charge in [0.05, 0.1) is 0 Å². The Morgan fingerprint density at radius 1 is 1.00 bits per heavy atom. The van der Waals surface area contributed by atoms with Crippen molar-refractivity contribution >= 4 is 11.5 Å². The molecule has 0 aliphatic heterocycles. The fourth-order valence-electron chi connectivity index (χ4n) is 1.87. The first-order chi connectivity index (χ1) is 9.09. The molecule has 3 N–H and O–H groups in total. The number of Topliss-reactive ketones (excluding diaryl/α,β-unsaturated/α-hetero) is 1. The van der Waals surface area contributed by atoms with E-state index in [1.807, 2.05) is 37.2 Å². The second-order valence-corrected chi connectivity index (χ2v) is 4.62. The van der Waals surface area contributed by atoms with Crippen LogP contribution in [0.3, 0.4) is 0 Å². The Hall–Kier alpha value is -2.17. The minimum atomic E-state index is -1.11.